The first-order chi connectivity index (χ1) is 41.7. The van der Waals surface area contributed by atoms with Gasteiger partial charge in [-0.15, -0.1) is 11.8 Å². The number of aliphatic hydroxyl groups excluding tert-OH is 5. The summed E-state index contributed by atoms with van der Waals surface area (Å²) in [5.74, 6) is -12.3. The van der Waals surface area contributed by atoms with E-state index >= 15 is 0 Å². The van der Waals surface area contributed by atoms with Gasteiger partial charge >= 0.3 is 11.9 Å². The molecule has 0 spiro atoms. The number of likely N-dealkylation sites (tertiary alicyclic amines) is 2. The molecule has 8 unspecified atom stereocenters. The smallest absolute Gasteiger partial charge is 0.305 e. The molecule has 2 heterocycles. The number of carboxylic acid groups (broad SMARTS) is 2. The van der Waals surface area contributed by atoms with Crippen molar-refractivity contribution < 1.29 is 99.0 Å². The van der Waals surface area contributed by atoms with Crippen LogP contribution >= 0.6 is 11.8 Å². The molecule has 30 heteroatoms. The van der Waals surface area contributed by atoms with Gasteiger partial charge in [-0.05, 0) is 62.1 Å². The molecule has 2 saturated heterocycles. The van der Waals surface area contributed by atoms with Crippen LogP contribution in [0.15, 0.2) is 60.7 Å². The Kier molecular flexibility index (Phi) is 30.7. The first-order valence-electron chi connectivity index (χ1n) is 29.2. The van der Waals surface area contributed by atoms with Crippen molar-refractivity contribution in [1.82, 2.24) is 47.0 Å². The number of hydrogen-bond acceptors (Lipinski definition) is 20. The third-order valence-corrected chi connectivity index (χ3v) is 15.8. The van der Waals surface area contributed by atoms with E-state index in [1.165, 1.54) is 0 Å². The minimum Gasteiger partial charge on any atom is -0.481 e. The van der Waals surface area contributed by atoms with Crippen LogP contribution in [0.25, 0.3) is 0 Å². The maximum atomic E-state index is 14.8. The number of carbonyl (C=O) groups excluding carboxylic acids is 10. The topological polar surface area (TPSA) is 465 Å². The lowest BCUT2D eigenvalue weighted by Gasteiger charge is -2.43. The molecule has 2 aromatic carbocycles. The van der Waals surface area contributed by atoms with E-state index in [0.717, 1.165) is 23.6 Å². The van der Waals surface area contributed by atoms with Crippen LogP contribution in [0.5, 0.6) is 0 Å². The zero-order chi connectivity index (χ0) is 65.2. The largest absolute Gasteiger partial charge is 0.481 e. The third kappa shape index (κ3) is 24.0. The summed E-state index contributed by atoms with van der Waals surface area (Å²) >= 11 is 0.906. The molecule has 0 aromatic heterocycles. The number of amides is 8. The Bertz CT molecular complexity index is 2710. The fourth-order valence-electron chi connectivity index (χ4n) is 9.83. The predicted molar refractivity (Wildman–Crippen MR) is 314 cm³/mol. The molecule has 2 aliphatic heterocycles. The normalized spacial score (nSPS) is 20.1. The molecular formula is C58H85N10O19S+. The van der Waals surface area contributed by atoms with E-state index in [-0.39, 0.29) is 63.4 Å². The molecule has 0 saturated carbocycles. The summed E-state index contributed by atoms with van der Waals surface area (Å²) in [4.78, 5) is 165. The number of carbonyl (C=O) groups is 12. The molecule has 2 aromatic rings. The van der Waals surface area contributed by atoms with Gasteiger partial charge in [0.15, 0.2) is 11.6 Å². The summed E-state index contributed by atoms with van der Waals surface area (Å²) in [6, 6.07) is 8.85. The number of carboxylic acids is 2. The molecule has 2 fully saturated rings. The number of unbranched alkanes of at least 4 members (excludes halogenated alkanes) is 2. The SMILES string of the molecule is CC(=O)NC(CSC1CC(=O)N(CCCCN2C[C@H](O)[C@@H](O)[C@H](O)[C@H]2CO)C1=O)C(=O)NC(Cc1ccccc1)C(=O)NC(NC(NC(=O)C(CC(=O)O)NC(=O)C(CCC(=O)O)NC(=O)C(O)CC(C)C)C(=O)CCCC[NH3+])C(=O)Cc1ccccc1. The van der Waals surface area contributed by atoms with E-state index in [2.05, 4.69) is 43.0 Å². The van der Waals surface area contributed by atoms with Crippen LogP contribution in [-0.2, 0) is 70.4 Å². The Balaban J connectivity index is 1.61. The maximum absolute atomic E-state index is 14.8. The highest BCUT2D eigenvalue weighted by Gasteiger charge is 2.43. The first kappa shape index (κ1) is 73.2. The minimum absolute atomic E-state index is 0.00280. The van der Waals surface area contributed by atoms with Crippen LogP contribution in [0.4, 0.5) is 0 Å². The molecule has 0 bridgehead atoms. The number of Topliss-reactive ketones (excluding diaryl/α,β-unsaturated/α-hetero) is 2. The number of aliphatic hydroxyl groups is 5. The number of benzene rings is 2. The summed E-state index contributed by atoms with van der Waals surface area (Å²) in [6.45, 7) is 4.69. The monoisotopic (exact) mass is 1260 g/mol. The minimum atomic E-state index is -2.03. The molecule has 0 aliphatic carbocycles. The molecule has 0 radical (unpaired) electrons. The van der Waals surface area contributed by atoms with Crippen molar-refractivity contribution in [2.45, 2.75) is 170 Å². The van der Waals surface area contributed by atoms with Gasteiger partial charge in [0.2, 0.25) is 47.3 Å². The standard InChI is InChI=1S/C58H84N10O19S/c1-32(2)24-43(73)57(86)61-36(19-20-47(76)77)53(82)63-38(27-48(78)79)55(84)65-51(41(71)18-10-11-21-59)64-52(42(72)26-35-16-8-5-9-17-35)66-54(83)37(25-34-14-6-4-7-15-34)62-56(85)39(60-33(3)70)31-88-45-28-46(75)68(58(45)87)23-13-12-22-67-29-44(74)50(81)49(80)40(67)30-69/h4-9,14-17,32,36-40,43-45,49-52,64,69,73-74,80-81H,10-13,18-31,59H2,1-3H3,(H,60,70)(H,61,86)(H,62,85)(H,63,82)(H,65,84)(H,66,83)(H,76,77)(H,78,79)/p+1/t36?,37?,38?,39?,40-,43?,44+,45?,49-,50-,51?,52?/m1/s1. The van der Waals surface area contributed by atoms with Crippen molar-refractivity contribution in [3.05, 3.63) is 71.8 Å². The van der Waals surface area contributed by atoms with E-state index in [9.17, 15) is 93.3 Å². The molecule has 486 valence electrons. The second-order valence-electron chi connectivity index (χ2n) is 22.2. The zero-order valence-electron chi connectivity index (χ0n) is 49.5. The summed E-state index contributed by atoms with van der Waals surface area (Å²) in [5, 5.41) is 86.3. The highest BCUT2D eigenvalue weighted by Crippen LogP contribution is 2.27. The second kappa shape index (κ2) is 36.9. The lowest BCUT2D eigenvalue weighted by molar-refractivity contribution is -0.368. The molecule has 12 atom stereocenters. The molecule has 4 rings (SSSR count). The Labute approximate surface area is 513 Å². The van der Waals surface area contributed by atoms with Gasteiger partial charge in [0.1, 0.15) is 54.8 Å². The average molecular weight is 1260 g/mol. The Hall–Kier alpha value is -7.29. The van der Waals surface area contributed by atoms with E-state index in [4.69, 9.17) is 0 Å². The van der Waals surface area contributed by atoms with E-state index < -0.39 is 175 Å². The number of β-amino-alcohol motifs (C(OH)–C–C–N with tert-alkyl or cyclic N) is 1. The number of ketones is 2. The van der Waals surface area contributed by atoms with Crippen LogP contribution in [0.2, 0.25) is 0 Å². The number of piperidine rings is 1. The number of nitrogens with zero attached hydrogens (tertiary/aromatic N) is 2. The van der Waals surface area contributed by atoms with E-state index in [0.29, 0.717) is 36.9 Å². The zero-order valence-corrected chi connectivity index (χ0v) is 50.4. The number of quaternary nitrogens is 1. The van der Waals surface area contributed by atoms with Gasteiger partial charge in [-0.2, -0.15) is 0 Å². The molecule has 2 aliphatic rings. The van der Waals surface area contributed by atoms with Crippen LogP contribution in [0.1, 0.15) is 96.1 Å². The van der Waals surface area contributed by atoms with Crippen molar-refractivity contribution in [3.63, 3.8) is 0 Å². The molecule has 29 nitrogen and oxygen atoms in total. The van der Waals surface area contributed by atoms with Gasteiger partial charge in [-0.3, -0.25) is 72.7 Å². The maximum Gasteiger partial charge on any atom is 0.305 e. The van der Waals surface area contributed by atoms with Gasteiger partial charge in [0.25, 0.3) is 0 Å². The van der Waals surface area contributed by atoms with Crippen LogP contribution in [-0.4, -0.2) is 227 Å². The number of hydrogen-bond donors (Lipinski definition) is 15. The van der Waals surface area contributed by atoms with Crippen molar-refractivity contribution >= 4 is 82.5 Å². The van der Waals surface area contributed by atoms with Gasteiger partial charge in [-0.25, -0.2) is 0 Å². The molecule has 8 amide bonds. The van der Waals surface area contributed by atoms with Gasteiger partial charge in [-0.1, -0.05) is 74.5 Å². The first-order valence-corrected chi connectivity index (χ1v) is 30.2. The molecule has 88 heavy (non-hydrogen) atoms. The Morgan fingerprint density at radius 3 is 1.82 bits per heavy atom. The third-order valence-electron chi connectivity index (χ3n) is 14.6. The number of imide groups is 1. The predicted octanol–water partition coefficient (Wildman–Crippen LogP) is -4.40. The summed E-state index contributed by atoms with van der Waals surface area (Å²) in [5.41, 5.74) is 4.71. The van der Waals surface area contributed by atoms with Crippen LogP contribution in [0, 0.1) is 5.92 Å². The average Bonchev–Trinajstić information content (AvgIpc) is 3.44. The second-order valence-corrected chi connectivity index (χ2v) is 23.4. The van der Waals surface area contributed by atoms with Gasteiger partial charge in [0.05, 0.1) is 37.0 Å². The highest BCUT2D eigenvalue weighted by atomic mass is 32.2. The lowest BCUT2D eigenvalue weighted by Crippen LogP contribution is -2.65. The van der Waals surface area contributed by atoms with Gasteiger partial charge < -0.3 is 73.4 Å². The highest BCUT2D eigenvalue weighted by molar-refractivity contribution is 8.00. The lowest BCUT2D eigenvalue weighted by atomic mass is 9.94. The van der Waals surface area contributed by atoms with Crippen molar-refractivity contribution in [2.75, 3.05) is 38.5 Å². The van der Waals surface area contributed by atoms with E-state index in [1.54, 1.807) is 79.4 Å². The number of thioether (sulfide) groups is 1. The summed E-state index contributed by atoms with van der Waals surface area (Å²) in [6.07, 6.45) is -11.8. The van der Waals surface area contributed by atoms with Crippen LogP contribution in [0.3, 0.4) is 0 Å². The fourth-order valence-corrected chi connectivity index (χ4v) is 11.0. The summed E-state index contributed by atoms with van der Waals surface area (Å²) in [7, 11) is 0. The number of nitrogens with one attached hydrogen (secondary N) is 7. The fraction of sp³-hybridized carbons (Fsp3) is 0.586. The van der Waals surface area contributed by atoms with Crippen molar-refractivity contribution in [3.8, 4) is 0 Å². The molecular weight excluding hydrogens is 1170 g/mol. The van der Waals surface area contributed by atoms with Gasteiger partial charge in [0, 0.05) is 57.9 Å². The van der Waals surface area contributed by atoms with E-state index in [1.807, 2.05) is 0 Å². The Morgan fingerprint density at radius 2 is 1.23 bits per heavy atom. The number of aliphatic carboxylic acids is 2. The number of rotatable bonds is 39. The van der Waals surface area contributed by atoms with Crippen molar-refractivity contribution in [1.29, 1.82) is 0 Å². The van der Waals surface area contributed by atoms with Crippen LogP contribution < -0.4 is 43.0 Å². The van der Waals surface area contributed by atoms with Crippen molar-refractivity contribution in [2.24, 2.45) is 5.92 Å². The quantitative estimate of drug-likeness (QED) is 0.0171. The Morgan fingerprint density at radius 1 is 0.659 bits per heavy atom. The summed E-state index contributed by atoms with van der Waals surface area (Å²) < 4.78 is 0. The molecule has 17 N–H and O–H groups in total.